The second-order valence-electron chi connectivity index (χ2n) is 6.28. The third kappa shape index (κ3) is 3.88. The summed E-state index contributed by atoms with van der Waals surface area (Å²) in [5.41, 5.74) is 4.00. The van der Waals surface area contributed by atoms with Crippen LogP contribution in [0, 0.1) is 0 Å². The molecule has 0 spiro atoms. The summed E-state index contributed by atoms with van der Waals surface area (Å²) in [6, 6.07) is 18.3. The second kappa shape index (κ2) is 7.88. The molecule has 0 aromatic heterocycles. The van der Waals surface area contributed by atoms with E-state index in [2.05, 4.69) is 5.32 Å². The Morgan fingerprint density at radius 1 is 0.893 bits per heavy atom. The van der Waals surface area contributed by atoms with E-state index in [1.807, 2.05) is 42.5 Å². The molecule has 0 unspecified atom stereocenters. The average molecular weight is 431 g/mol. The van der Waals surface area contributed by atoms with E-state index >= 15 is 0 Å². The molecule has 0 bridgehead atoms. The maximum Gasteiger partial charge on any atom is 0.256 e. The van der Waals surface area contributed by atoms with Gasteiger partial charge >= 0.3 is 0 Å². The second-order valence-corrected chi connectivity index (χ2v) is 7.51. The van der Waals surface area contributed by atoms with Gasteiger partial charge in [0, 0.05) is 16.8 Å². The van der Waals surface area contributed by atoms with E-state index in [9.17, 15) is 4.79 Å². The number of amides is 1. The minimum absolute atomic E-state index is 0.128. The summed E-state index contributed by atoms with van der Waals surface area (Å²) < 4.78 is 5.79. The van der Waals surface area contributed by atoms with Gasteiger partial charge in [-0.15, -0.1) is 0 Å². The van der Waals surface area contributed by atoms with Crippen LogP contribution in [0.1, 0.15) is 16.7 Å². The Labute approximate surface area is 177 Å². The van der Waals surface area contributed by atoms with Crippen molar-refractivity contribution in [2.75, 3.05) is 5.32 Å². The topological polar surface area (TPSA) is 38.3 Å². The quantitative estimate of drug-likeness (QED) is 0.467. The SMILES string of the molecule is O=C1Nc2ccccc2C1=Cc1ccc(OCc2ccc(Cl)c(Cl)c2)c(Cl)c1. The fourth-order valence-electron chi connectivity index (χ4n) is 2.96. The Kier molecular flexibility index (Phi) is 5.31. The molecule has 140 valence electrons. The molecule has 1 aliphatic heterocycles. The van der Waals surface area contributed by atoms with Gasteiger partial charge in [0.1, 0.15) is 12.4 Å². The van der Waals surface area contributed by atoms with E-state index in [0.29, 0.717) is 33.0 Å². The van der Waals surface area contributed by atoms with Gasteiger partial charge in [-0.2, -0.15) is 0 Å². The molecule has 0 fully saturated rings. The summed E-state index contributed by atoms with van der Waals surface area (Å²) in [7, 11) is 0. The van der Waals surface area contributed by atoms with Gasteiger partial charge in [0.2, 0.25) is 0 Å². The molecule has 1 amide bonds. The fourth-order valence-corrected chi connectivity index (χ4v) is 3.53. The van der Waals surface area contributed by atoms with Crippen molar-refractivity contribution in [1.82, 2.24) is 0 Å². The molecular formula is C22H14Cl3NO2. The van der Waals surface area contributed by atoms with E-state index in [0.717, 1.165) is 22.4 Å². The number of para-hydroxylation sites is 1. The highest BCUT2D eigenvalue weighted by Gasteiger charge is 2.23. The first-order valence-corrected chi connectivity index (χ1v) is 9.63. The van der Waals surface area contributed by atoms with Crippen LogP contribution in [-0.4, -0.2) is 5.91 Å². The Hall–Kier alpha value is -2.46. The monoisotopic (exact) mass is 429 g/mol. The zero-order chi connectivity index (χ0) is 19.7. The Balaban J connectivity index is 1.53. The third-order valence-electron chi connectivity index (χ3n) is 4.36. The van der Waals surface area contributed by atoms with Crippen molar-refractivity contribution in [3.05, 3.63) is 92.4 Å². The number of hydrogen-bond acceptors (Lipinski definition) is 2. The van der Waals surface area contributed by atoms with Crippen molar-refractivity contribution in [1.29, 1.82) is 0 Å². The van der Waals surface area contributed by atoms with Gasteiger partial charge in [-0.25, -0.2) is 0 Å². The van der Waals surface area contributed by atoms with Gasteiger partial charge in [0.25, 0.3) is 5.91 Å². The zero-order valence-corrected chi connectivity index (χ0v) is 16.8. The summed E-state index contributed by atoms with van der Waals surface area (Å²) >= 11 is 18.3. The van der Waals surface area contributed by atoms with Crippen LogP contribution in [0.4, 0.5) is 5.69 Å². The number of hydrogen-bond donors (Lipinski definition) is 1. The molecule has 0 saturated carbocycles. The van der Waals surface area contributed by atoms with Crippen molar-refractivity contribution in [2.45, 2.75) is 6.61 Å². The number of nitrogens with one attached hydrogen (secondary N) is 1. The summed E-state index contributed by atoms with van der Waals surface area (Å²) in [5, 5.41) is 4.29. The van der Waals surface area contributed by atoms with E-state index in [4.69, 9.17) is 39.5 Å². The standard InChI is InChI=1S/C22H14Cl3NO2/c23-17-7-5-14(11-18(17)24)12-28-21-8-6-13(10-19(21)25)9-16-15-3-1-2-4-20(15)26-22(16)27/h1-11H,12H2,(H,26,27). The molecule has 1 heterocycles. The number of ether oxygens (including phenoxy) is 1. The van der Waals surface area contributed by atoms with Crippen LogP contribution in [0.25, 0.3) is 11.6 Å². The van der Waals surface area contributed by atoms with Gasteiger partial charge in [-0.1, -0.05) is 65.1 Å². The molecule has 3 aromatic carbocycles. The average Bonchev–Trinajstić information content (AvgIpc) is 2.99. The Morgan fingerprint density at radius 3 is 2.50 bits per heavy atom. The van der Waals surface area contributed by atoms with Gasteiger partial charge < -0.3 is 10.1 Å². The number of carbonyl (C=O) groups is 1. The highest BCUT2D eigenvalue weighted by Crippen LogP contribution is 2.34. The smallest absolute Gasteiger partial charge is 0.256 e. The Bertz CT molecular complexity index is 1110. The van der Waals surface area contributed by atoms with Gasteiger partial charge in [-0.3, -0.25) is 4.79 Å². The number of anilines is 1. The third-order valence-corrected chi connectivity index (χ3v) is 5.39. The first-order chi connectivity index (χ1) is 13.5. The number of halogens is 3. The van der Waals surface area contributed by atoms with Crippen LogP contribution in [0.2, 0.25) is 15.1 Å². The molecule has 3 nitrogen and oxygen atoms in total. The molecule has 0 saturated heterocycles. The van der Waals surface area contributed by atoms with Crippen LogP contribution in [0.5, 0.6) is 5.75 Å². The lowest BCUT2D eigenvalue weighted by atomic mass is 10.0. The molecule has 3 aromatic rings. The van der Waals surface area contributed by atoms with Crippen LogP contribution in [-0.2, 0) is 11.4 Å². The lowest BCUT2D eigenvalue weighted by Crippen LogP contribution is -2.03. The highest BCUT2D eigenvalue weighted by molar-refractivity contribution is 6.42. The van der Waals surface area contributed by atoms with E-state index in [-0.39, 0.29) is 5.91 Å². The van der Waals surface area contributed by atoms with E-state index in [1.165, 1.54) is 0 Å². The Morgan fingerprint density at radius 2 is 1.71 bits per heavy atom. The molecule has 4 rings (SSSR count). The molecule has 0 radical (unpaired) electrons. The maximum atomic E-state index is 12.2. The van der Waals surface area contributed by atoms with Crippen LogP contribution < -0.4 is 10.1 Å². The van der Waals surface area contributed by atoms with Crippen molar-refractivity contribution < 1.29 is 9.53 Å². The molecule has 1 N–H and O–H groups in total. The summed E-state index contributed by atoms with van der Waals surface area (Å²) in [6.45, 7) is 0.312. The summed E-state index contributed by atoms with van der Waals surface area (Å²) in [5.74, 6) is 0.420. The fraction of sp³-hybridized carbons (Fsp3) is 0.0455. The van der Waals surface area contributed by atoms with Crippen molar-refractivity contribution >= 4 is 58.0 Å². The van der Waals surface area contributed by atoms with Crippen LogP contribution in [0.15, 0.2) is 60.7 Å². The molecular weight excluding hydrogens is 417 g/mol. The van der Waals surface area contributed by atoms with Crippen molar-refractivity contribution in [3.63, 3.8) is 0 Å². The summed E-state index contributed by atoms with van der Waals surface area (Å²) in [4.78, 5) is 12.2. The number of carbonyl (C=O) groups excluding carboxylic acids is 1. The predicted octanol–water partition coefficient (Wildman–Crippen LogP) is 6.72. The number of fused-ring (bicyclic) bond motifs is 1. The number of rotatable bonds is 4. The largest absolute Gasteiger partial charge is 0.487 e. The number of benzene rings is 3. The van der Waals surface area contributed by atoms with Gasteiger partial charge in [0.05, 0.1) is 15.1 Å². The maximum absolute atomic E-state index is 12.2. The lowest BCUT2D eigenvalue weighted by molar-refractivity contribution is -0.110. The minimum atomic E-state index is -0.128. The first-order valence-electron chi connectivity index (χ1n) is 8.50. The molecule has 6 heteroatoms. The lowest BCUT2D eigenvalue weighted by Gasteiger charge is -2.09. The van der Waals surface area contributed by atoms with E-state index in [1.54, 1.807) is 24.3 Å². The van der Waals surface area contributed by atoms with Crippen molar-refractivity contribution in [3.8, 4) is 5.75 Å². The molecule has 28 heavy (non-hydrogen) atoms. The van der Waals surface area contributed by atoms with Gasteiger partial charge in [-0.05, 0) is 47.5 Å². The van der Waals surface area contributed by atoms with E-state index < -0.39 is 0 Å². The molecule has 0 atom stereocenters. The van der Waals surface area contributed by atoms with Gasteiger partial charge in [0.15, 0.2) is 0 Å². The first kappa shape index (κ1) is 18.9. The highest BCUT2D eigenvalue weighted by atomic mass is 35.5. The molecule has 1 aliphatic rings. The minimum Gasteiger partial charge on any atom is -0.487 e. The normalized spacial score (nSPS) is 14.1. The van der Waals surface area contributed by atoms with Crippen LogP contribution >= 0.6 is 34.8 Å². The van der Waals surface area contributed by atoms with Crippen molar-refractivity contribution in [2.24, 2.45) is 0 Å². The van der Waals surface area contributed by atoms with Crippen LogP contribution in [0.3, 0.4) is 0 Å². The zero-order valence-electron chi connectivity index (χ0n) is 14.5. The predicted molar refractivity (Wildman–Crippen MR) is 115 cm³/mol. The summed E-state index contributed by atoms with van der Waals surface area (Å²) in [6.07, 6.45) is 1.82. The molecule has 0 aliphatic carbocycles.